The van der Waals surface area contributed by atoms with Crippen molar-refractivity contribution in [2.24, 2.45) is 0 Å². The second kappa shape index (κ2) is 8.71. The van der Waals surface area contributed by atoms with Crippen molar-refractivity contribution >= 4 is 7.60 Å². The quantitative estimate of drug-likeness (QED) is 0.475. The Morgan fingerprint density at radius 1 is 1.38 bits per heavy atom. The van der Waals surface area contributed by atoms with Gasteiger partial charge in [0, 0.05) is 13.1 Å². The molecule has 16 heavy (non-hydrogen) atoms. The van der Waals surface area contributed by atoms with Gasteiger partial charge >= 0.3 is 7.60 Å². The van der Waals surface area contributed by atoms with Crippen molar-refractivity contribution in [3.8, 4) is 0 Å². The maximum atomic E-state index is 11.4. The molecule has 0 aromatic heterocycles. The Labute approximate surface area is 98.1 Å². The maximum absolute atomic E-state index is 11.4. The summed E-state index contributed by atoms with van der Waals surface area (Å²) >= 11 is 0. The van der Waals surface area contributed by atoms with Gasteiger partial charge in [-0.3, -0.25) is 9.46 Å². The molecule has 0 radical (unpaired) electrons. The second-order valence-electron chi connectivity index (χ2n) is 3.47. The fraction of sp³-hybridized carbons (Fsp3) is 0.636. The van der Waals surface area contributed by atoms with Crippen LogP contribution in [0.1, 0.15) is 13.3 Å². The molecule has 0 aromatic rings. The van der Waals surface area contributed by atoms with Crippen LogP contribution in [0.25, 0.3) is 0 Å². The molecule has 0 heterocycles. The highest BCUT2D eigenvalue weighted by atomic mass is 31.2. The molecule has 0 saturated carbocycles. The Hall–Kier alpha value is -0.410. The Bertz CT molecular complexity index is 246. The first-order valence-corrected chi connectivity index (χ1v) is 7.22. The number of rotatable bonds is 10. The SMILES string of the molecule is C=CCN(CC=C)CCCP(=O)(O)OCC. The molecule has 1 unspecified atom stereocenters. The van der Waals surface area contributed by atoms with E-state index in [0.717, 1.165) is 19.6 Å². The topological polar surface area (TPSA) is 49.8 Å². The fourth-order valence-corrected chi connectivity index (χ4v) is 2.46. The predicted molar refractivity (Wildman–Crippen MR) is 67.8 cm³/mol. The van der Waals surface area contributed by atoms with Gasteiger partial charge in [0.15, 0.2) is 0 Å². The average molecular weight is 247 g/mol. The zero-order chi connectivity index (χ0) is 12.4. The third-order valence-electron chi connectivity index (χ3n) is 2.02. The molecule has 0 aliphatic rings. The van der Waals surface area contributed by atoms with E-state index in [0.29, 0.717) is 6.42 Å². The first kappa shape index (κ1) is 15.6. The molecule has 1 atom stereocenters. The van der Waals surface area contributed by atoms with Crippen LogP contribution in [0.3, 0.4) is 0 Å². The number of hydrogen-bond acceptors (Lipinski definition) is 3. The van der Waals surface area contributed by atoms with Crippen molar-refractivity contribution in [2.75, 3.05) is 32.4 Å². The third kappa shape index (κ3) is 7.83. The van der Waals surface area contributed by atoms with Gasteiger partial charge in [0.25, 0.3) is 0 Å². The van der Waals surface area contributed by atoms with Crippen LogP contribution in [-0.4, -0.2) is 42.2 Å². The summed E-state index contributed by atoms with van der Waals surface area (Å²) in [5, 5.41) is 0. The molecule has 0 fully saturated rings. The Morgan fingerprint density at radius 2 is 1.94 bits per heavy atom. The van der Waals surface area contributed by atoms with Gasteiger partial charge in [0.2, 0.25) is 0 Å². The van der Waals surface area contributed by atoms with Gasteiger partial charge < -0.3 is 9.42 Å². The van der Waals surface area contributed by atoms with Crippen LogP contribution in [0.5, 0.6) is 0 Å². The van der Waals surface area contributed by atoms with Crippen LogP contribution in [0.4, 0.5) is 0 Å². The van der Waals surface area contributed by atoms with Crippen molar-refractivity contribution < 1.29 is 14.0 Å². The Balaban J connectivity index is 3.88. The minimum atomic E-state index is -3.36. The largest absolute Gasteiger partial charge is 0.328 e. The van der Waals surface area contributed by atoms with Crippen molar-refractivity contribution in [1.29, 1.82) is 0 Å². The van der Waals surface area contributed by atoms with Crippen LogP contribution in [0, 0.1) is 0 Å². The lowest BCUT2D eigenvalue weighted by atomic mass is 10.4. The van der Waals surface area contributed by atoms with E-state index in [1.54, 1.807) is 6.92 Å². The van der Waals surface area contributed by atoms with Gasteiger partial charge in [-0.15, -0.1) is 13.2 Å². The summed E-state index contributed by atoms with van der Waals surface area (Å²) in [6.45, 7) is 11.6. The van der Waals surface area contributed by atoms with Gasteiger partial charge in [-0.2, -0.15) is 0 Å². The van der Waals surface area contributed by atoms with Gasteiger partial charge in [-0.05, 0) is 19.9 Å². The van der Waals surface area contributed by atoms with E-state index in [9.17, 15) is 9.46 Å². The average Bonchev–Trinajstić information content (AvgIpc) is 2.18. The predicted octanol–water partition coefficient (Wildman–Crippen LogP) is 2.27. The summed E-state index contributed by atoms with van der Waals surface area (Å²) in [6.07, 6.45) is 4.45. The van der Waals surface area contributed by atoms with Crippen molar-refractivity contribution in [3.05, 3.63) is 25.3 Å². The van der Waals surface area contributed by atoms with Gasteiger partial charge in [-0.25, -0.2) is 0 Å². The van der Waals surface area contributed by atoms with E-state index in [-0.39, 0.29) is 12.8 Å². The number of hydrogen-bond donors (Lipinski definition) is 1. The van der Waals surface area contributed by atoms with Crippen LogP contribution in [0.15, 0.2) is 25.3 Å². The van der Waals surface area contributed by atoms with Crippen LogP contribution in [-0.2, 0) is 9.09 Å². The summed E-state index contributed by atoms with van der Waals surface area (Å²) in [4.78, 5) is 11.5. The molecule has 0 aliphatic carbocycles. The highest BCUT2D eigenvalue weighted by Gasteiger charge is 2.17. The molecular weight excluding hydrogens is 225 g/mol. The van der Waals surface area contributed by atoms with Crippen LogP contribution >= 0.6 is 7.60 Å². The first-order chi connectivity index (χ1) is 7.55. The lowest BCUT2D eigenvalue weighted by Gasteiger charge is -2.19. The minimum Gasteiger partial charge on any atom is -0.324 e. The minimum absolute atomic E-state index is 0.200. The molecule has 0 aliphatic heterocycles. The van der Waals surface area contributed by atoms with Crippen molar-refractivity contribution in [3.63, 3.8) is 0 Å². The molecule has 94 valence electrons. The molecule has 0 aromatic carbocycles. The summed E-state index contributed by atoms with van der Waals surface area (Å²) < 4.78 is 16.2. The van der Waals surface area contributed by atoms with Crippen LogP contribution in [0.2, 0.25) is 0 Å². The van der Waals surface area contributed by atoms with E-state index in [1.807, 2.05) is 12.2 Å². The molecule has 5 heteroatoms. The van der Waals surface area contributed by atoms with E-state index in [1.165, 1.54) is 0 Å². The van der Waals surface area contributed by atoms with Crippen molar-refractivity contribution in [1.82, 2.24) is 4.90 Å². The Morgan fingerprint density at radius 3 is 2.38 bits per heavy atom. The van der Waals surface area contributed by atoms with E-state index in [4.69, 9.17) is 4.52 Å². The normalized spacial score (nSPS) is 14.7. The maximum Gasteiger partial charge on any atom is 0.328 e. The molecule has 0 amide bonds. The fourth-order valence-electron chi connectivity index (χ4n) is 1.38. The van der Waals surface area contributed by atoms with Gasteiger partial charge in [0.05, 0.1) is 12.8 Å². The second-order valence-corrected chi connectivity index (χ2v) is 5.45. The third-order valence-corrected chi connectivity index (χ3v) is 3.56. The molecule has 0 saturated heterocycles. The Kier molecular flexibility index (Phi) is 8.49. The number of nitrogens with zero attached hydrogens (tertiary/aromatic N) is 1. The zero-order valence-corrected chi connectivity index (χ0v) is 10.9. The molecular formula is C11H22NO3P. The smallest absolute Gasteiger partial charge is 0.324 e. The van der Waals surface area contributed by atoms with Gasteiger partial charge in [0.1, 0.15) is 0 Å². The standard InChI is InChI=1S/C11H22NO3P/c1-4-8-12(9-5-2)10-7-11-16(13,14)15-6-3/h4-5H,1-2,6-11H2,3H3,(H,13,14). The molecule has 0 rings (SSSR count). The summed E-state index contributed by atoms with van der Waals surface area (Å²) in [7, 11) is -3.36. The van der Waals surface area contributed by atoms with E-state index < -0.39 is 7.60 Å². The zero-order valence-electron chi connectivity index (χ0n) is 9.97. The lowest BCUT2D eigenvalue weighted by molar-refractivity contribution is 0.269. The first-order valence-electron chi connectivity index (χ1n) is 5.46. The van der Waals surface area contributed by atoms with Crippen LogP contribution < -0.4 is 0 Å². The monoisotopic (exact) mass is 247 g/mol. The van der Waals surface area contributed by atoms with E-state index in [2.05, 4.69) is 18.1 Å². The highest BCUT2D eigenvalue weighted by Crippen LogP contribution is 2.42. The highest BCUT2D eigenvalue weighted by molar-refractivity contribution is 7.52. The van der Waals surface area contributed by atoms with Crippen molar-refractivity contribution in [2.45, 2.75) is 13.3 Å². The summed E-state index contributed by atoms with van der Waals surface area (Å²) in [5.41, 5.74) is 0. The molecule has 4 nitrogen and oxygen atoms in total. The molecule has 1 N–H and O–H groups in total. The lowest BCUT2D eigenvalue weighted by Crippen LogP contribution is -2.25. The molecule has 0 spiro atoms. The van der Waals surface area contributed by atoms with E-state index >= 15 is 0 Å². The molecule has 0 bridgehead atoms. The van der Waals surface area contributed by atoms with Gasteiger partial charge in [-0.1, -0.05) is 12.2 Å². The summed E-state index contributed by atoms with van der Waals surface area (Å²) in [5.74, 6) is 0. The summed E-state index contributed by atoms with van der Waals surface area (Å²) in [6, 6.07) is 0.